The number of Topliss-reactive ketones (excluding diaryl/α,β-unsaturated/α-hetero) is 1. The van der Waals surface area contributed by atoms with Crippen molar-refractivity contribution in [3.05, 3.63) is 58.1 Å². The fourth-order valence-electron chi connectivity index (χ4n) is 2.03. The average molecular weight is 333 g/mol. The topological polar surface area (TPSA) is 26.3 Å². The molecule has 0 atom stereocenters. The highest BCUT2D eigenvalue weighted by atomic mass is 79.9. The summed E-state index contributed by atoms with van der Waals surface area (Å²) >= 11 is 3.48. The molecule has 2 rings (SSSR count). The van der Waals surface area contributed by atoms with Crippen molar-refractivity contribution in [3.63, 3.8) is 0 Å². The summed E-state index contributed by atoms with van der Waals surface area (Å²) in [6, 6.07) is 13.2. The van der Waals surface area contributed by atoms with Crippen LogP contribution in [0.1, 0.15) is 42.6 Å². The summed E-state index contributed by atoms with van der Waals surface area (Å²) in [6.07, 6.45) is 0. The number of para-hydroxylation sites is 1. The van der Waals surface area contributed by atoms with Crippen LogP contribution in [-0.4, -0.2) is 5.78 Å². The average Bonchev–Trinajstić information content (AvgIpc) is 2.41. The molecule has 2 nitrogen and oxygen atoms in total. The Morgan fingerprint density at radius 1 is 1.10 bits per heavy atom. The Kier molecular flexibility index (Phi) is 4.61. The van der Waals surface area contributed by atoms with Crippen LogP contribution in [0.25, 0.3) is 0 Å². The minimum Gasteiger partial charge on any atom is -0.456 e. The highest BCUT2D eigenvalue weighted by Gasteiger charge is 2.13. The Bertz CT molecular complexity index is 633. The van der Waals surface area contributed by atoms with Crippen molar-refractivity contribution in [1.82, 2.24) is 0 Å². The van der Waals surface area contributed by atoms with Gasteiger partial charge in [-0.3, -0.25) is 4.79 Å². The Hall–Kier alpha value is -1.61. The maximum Gasteiger partial charge on any atom is 0.163 e. The van der Waals surface area contributed by atoms with E-state index in [4.69, 9.17) is 4.74 Å². The van der Waals surface area contributed by atoms with Gasteiger partial charge in [-0.25, -0.2) is 0 Å². The van der Waals surface area contributed by atoms with Crippen LogP contribution in [0.15, 0.2) is 46.9 Å². The molecule has 0 aliphatic heterocycles. The van der Waals surface area contributed by atoms with E-state index in [1.54, 1.807) is 13.0 Å². The number of carbonyl (C=O) groups is 1. The molecule has 0 saturated carbocycles. The first-order valence-electron chi connectivity index (χ1n) is 6.56. The van der Waals surface area contributed by atoms with Gasteiger partial charge in [0.15, 0.2) is 5.78 Å². The quantitative estimate of drug-likeness (QED) is 0.684. The maximum absolute atomic E-state index is 11.6. The molecule has 0 radical (unpaired) electrons. The third-order valence-corrected chi connectivity index (χ3v) is 3.57. The number of benzene rings is 2. The molecule has 0 N–H and O–H groups in total. The molecule has 0 bridgehead atoms. The van der Waals surface area contributed by atoms with E-state index in [1.807, 2.05) is 30.3 Å². The molecule has 0 unspecified atom stereocenters. The minimum atomic E-state index is 0.00353. The van der Waals surface area contributed by atoms with Crippen LogP contribution in [0.5, 0.6) is 11.5 Å². The zero-order valence-electron chi connectivity index (χ0n) is 11.8. The van der Waals surface area contributed by atoms with Gasteiger partial charge >= 0.3 is 0 Å². The summed E-state index contributed by atoms with van der Waals surface area (Å²) in [4.78, 5) is 11.6. The molecule has 2 aromatic rings. The summed E-state index contributed by atoms with van der Waals surface area (Å²) < 4.78 is 7.00. The van der Waals surface area contributed by atoms with Crippen molar-refractivity contribution in [3.8, 4) is 11.5 Å². The molecule has 2 aromatic carbocycles. The van der Waals surface area contributed by atoms with E-state index in [2.05, 4.69) is 35.8 Å². The van der Waals surface area contributed by atoms with Gasteiger partial charge in [0.1, 0.15) is 11.5 Å². The predicted octanol–water partition coefficient (Wildman–Crippen LogP) is 5.57. The molecule has 0 saturated heterocycles. The Morgan fingerprint density at radius 2 is 1.80 bits per heavy atom. The Balaban J connectivity index is 2.43. The van der Waals surface area contributed by atoms with Crippen molar-refractivity contribution in [2.24, 2.45) is 0 Å². The Morgan fingerprint density at radius 3 is 2.45 bits per heavy atom. The fraction of sp³-hybridized carbons (Fsp3) is 0.235. The van der Waals surface area contributed by atoms with Gasteiger partial charge in [0.2, 0.25) is 0 Å². The number of hydrogen-bond donors (Lipinski definition) is 0. The molecule has 0 aromatic heterocycles. The molecular weight excluding hydrogens is 316 g/mol. The van der Waals surface area contributed by atoms with E-state index < -0.39 is 0 Å². The number of hydrogen-bond acceptors (Lipinski definition) is 2. The number of rotatable bonds is 4. The van der Waals surface area contributed by atoms with Crippen molar-refractivity contribution in [1.29, 1.82) is 0 Å². The largest absolute Gasteiger partial charge is 0.456 e. The molecule has 0 heterocycles. The van der Waals surface area contributed by atoms with Gasteiger partial charge < -0.3 is 4.74 Å². The highest BCUT2D eigenvalue weighted by molar-refractivity contribution is 9.10. The molecule has 104 valence electrons. The van der Waals surface area contributed by atoms with Gasteiger partial charge in [-0.1, -0.05) is 41.9 Å². The molecule has 0 amide bonds. The SMILES string of the molecule is CC(=O)c1ccccc1Oc1ccc(Br)cc1C(C)C. The van der Waals surface area contributed by atoms with E-state index in [0.717, 1.165) is 15.8 Å². The van der Waals surface area contributed by atoms with Crippen LogP contribution in [-0.2, 0) is 0 Å². The molecular formula is C17H17BrO2. The van der Waals surface area contributed by atoms with E-state index in [1.165, 1.54) is 0 Å². The van der Waals surface area contributed by atoms with Gasteiger partial charge in [-0.05, 0) is 48.7 Å². The number of carbonyl (C=O) groups excluding carboxylic acids is 1. The Labute approximate surface area is 127 Å². The molecule has 0 aliphatic carbocycles. The predicted molar refractivity (Wildman–Crippen MR) is 84.8 cm³/mol. The molecule has 0 fully saturated rings. The minimum absolute atomic E-state index is 0.00353. The number of halogens is 1. The van der Waals surface area contributed by atoms with E-state index >= 15 is 0 Å². The third-order valence-electron chi connectivity index (χ3n) is 3.08. The lowest BCUT2D eigenvalue weighted by atomic mass is 10.0. The molecule has 20 heavy (non-hydrogen) atoms. The van der Waals surface area contributed by atoms with E-state index in [-0.39, 0.29) is 5.78 Å². The van der Waals surface area contributed by atoms with Gasteiger partial charge in [0.25, 0.3) is 0 Å². The lowest BCUT2D eigenvalue weighted by Gasteiger charge is -2.15. The number of ether oxygens (including phenoxy) is 1. The van der Waals surface area contributed by atoms with Crippen LogP contribution in [0.4, 0.5) is 0 Å². The standard InChI is InChI=1S/C17H17BrO2/c1-11(2)15-10-13(18)8-9-17(15)20-16-7-5-4-6-14(16)12(3)19/h4-11H,1-3H3. The smallest absolute Gasteiger partial charge is 0.163 e. The highest BCUT2D eigenvalue weighted by Crippen LogP contribution is 2.34. The van der Waals surface area contributed by atoms with Gasteiger partial charge in [0, 0.05) is 4.47 Å². The lowest BCUT2D eigenvalue weighted by Crippen LogP contribution is -1.99. The third kappa shape index (κ3) is 3.28. The van der Waals surface area contributed by atoms with Gasteiger partial charge in [0.05, 0.1) is 5.56 Å². The van der Waals surface area contributed by atoms with Crippen molar-refractivity contribution >= 4 is 21.7 Å². The first-order chi connectivity index (χ1) is 9.49. The number of ketones is 1. The second-order valence-electron chi connectivity index (χ2n) is 4.99. The van der Waals surface area contributed by atoms with Crippen LogP contribution < -0.4 is 4.74 Å². The van der Waals surface area contributed by atoms with E-state index in [0.29, 0.717) is 17.2 Å². The maximum atomic E-state index is 11.6. The van der Waals surface area contributed by atoms with Gasteiger partial charge in [-0.15, -0.1) is 0 Å². The van der Waals surface area contributed by atoms with Crippen LogP contribution in [0, 0.1) is 0 Å². The van der Waals surface area contributed by atoms with Crippen molar-refractivity contribution in [2.75, 3.05) is 0 Å². The molecule has 0 aliphatic rings. The summed E-state index contributed by atoms with van der Waals surface area (Å²) in [5, 5.41) is 0. The van der Waals surface area contributed by atoms with Crippen LogP contribution >= 0.6 is 15.9 Å². The zero-order valence-corrected chi connectivity index (χ0v) is 13.4. The summed E-state index contributed by atoms with van der Waals surface area (Å²) in [7, 11) is 0. The van der Waals surface area contributed by atoms with Gasteiger partial charge in [-0.2, -0.15) is 0 Å². The molecule has 3 heteroatoms. The van der Waals surface area contributed by atoms with Crippen LogP contribution in [0.3, 0.4) is 0 Å². The lowest BCUT2D eigenvalue weighted by molar-refractivity contribution is 0.101. The fourth-order valence-corrected chi connectivity index (χ4v) is 2.41. The zero-order chi connectivity index (χ0) is 14.7. The molecule has 0 spiro atoms. The monoisotopic (exact) mass is 332 g/mol. The second kappa shape index (κ2) is 6.23. The summed E-state index contributed by atoms with van der Waals surface area (Å²) in [5.74, 6) is 1.73. The first-order valence-corrected chi connectivity index (χ1v) is 7.35. The summed E-state index contributed by atoms with van der Waals surface area (Å²) in [5.41, 5.74) is 1.71. The van der Waals surface area contributed by atoms with E-state index in [9.17, 15) is 4.79 Å². The second-order valence-corrected chi connectivity index (χ2v) is 5.91. The first kappa shape index (κ1) is 14.8. The van der Waals surface area contributed by atoms with Crippen LogP contribution in [0.2, 0.25) is 0 Å². The summed E-state index contributed by atoms with van der Waals surface area (Å²) in [6.45, 7) is 5.78. The van der Waals surface area contributed by atoms with Crippen molar-refractivity contribution < 1.29 is 9.53 Å². The normalized spacial score (nSPS) is 10.7. The van der Waals surface area contributed by atoms with Crippen molar-refractivity contribution in [2.45, 2.75) is 26.7 Å².